The SMILES string of the molecule is C[C@@H]1CN(c2nnc(-c3ccc(F)cc3Cl)n2Cc2ccccc2)C[C@@H](C)O1. The number of hydrogen-bond donors (Lipinski definition) is 0. The normalized spacial score (nSPS) is 19.8. The molecule has 1 aliphatic heterocycles. The lowest BCUT2D eigenvalue weighted by Gasteiger charge is -2.35. The Morgan fingerprint density at radius 3 is 2.46 bits per heavy atom. The van der Waals surface area contributed by atoms with Gasteiger partial charge in [-0.2, -0.15) is 0 Å². The molecule has 3 aromatic rings. The van der Waals surface area contributed by atoms with Crippen LogP contribution < -0.4 is 4.90 Å². The first-order valence-corrected chi connectivity index (χ1v) is 9.72. The first-order chi connectivity index (χ1) is 13.5. The molecule has 0 radical (unpaired) electrons. The van der Waals surface area contributed by atoms with Crippen molar-refractivity contribution in [2.24, 2.45) is 0 Å². The molecular weight excluding hydrogens is 379 g/mol. The molecule has 1 fully saturated rings. The minimum absolute atomic E-state index is 0.100. The molecule has 2 atom stereocenters. The molecule has 4 rings (SSSR count). The van der Waals surface area contributed by atoms with E-state index in [0.717, 1.165) is 24.6 Å². The van der Waals surface area contributed by atoms with Crippen LogP contribution in [-0.2, 0) is 11.3 Å². The second-order valence-electron chi connectivity index (χ2n) is 7.18. The minimum atomic E-state index is -0.376. The Balaban J connectivity index is 1.79. The molecule has 2 heterocycles. The molecule has 1 saturated heterocycles. The standard InChI is InChI=1S/C21H22ClFN4O/c1-14-11-26(12-15(2)28-14)21-25-24-20(18-9-8-17(23)10-19(18)22)27(21)13-16-6-4-3-5-7-16/h3-10,14-15H,11-13H2,1-2H3/t14-,15-/m1/s1. The summed E-state index contributed by atoms with van der Waals surface area (Å²) in [4.78, 5) is 2.19. The third kappa shape index (κ3) is 3.88. The summed E-state index contributed by atoms with van der Waals surface area (Å²) in [5.41, 5.74) is 1.78. The molecular formula is C21H22ClFN4O. The van der Waals surface area contributed by atoms with Gasteiger partial charge in [0.15, 0.2) is 5.82 Å². The molecule has 146 valence electrons. The third-order valence-electron chi connectivity index (χ3n) is 4.79. The average molecular weight is 401 g/mol. The van der Waals surface area contributed by atoms with E-state index in [9.17, 15) is 4.39 Å². The summed E-state index contributed by atoms with van der Waals surface area (Å²) in [6, 6.07) is 14.5. The number of ether oxygens (including phenoxy) is 1. The molecule has 28 heavy (non-hydrogen) atoms. The lowest BCUT2D eigenvalue weighted by atomic mass is 10.2. The number of halogens is 2. The molecule has 0 N–H and O–H groups in total. The van der Waals surface area contributed by atoms with Crippen LogP contribution in [0.15, 0.2) is 48.5 Å². The van der Waals surface area contributed by atoms with Gasteiger partial charge in [0.2, 0.25) is 5.95 Å². The zero-order valence-electron chi connectivity index (χ0n) is 15.8. The molecule has 1 aromatic heterocycles. The zero-order valence-corrected chi connectivity index (χ0v) is 16.6. The lowest BCUT2D eigenvalue weighted by molar-refractivity contribution is -0.00589. The van der Waals surface area contributed by atoms with Crippen molar-refractivity contribution < 1.29 is 9.13 Å². The Hall–Kier alpha value is -2.44. The van der Waals surface area contributed by atoms with Gasteiger partial charge in [-0.1, -0.05) is 41.9 Å². The molecule has 0 unspecified atom stereocenters. The number of nitrogens with zero attached hydrogens (tertiary/aromatic N) is 4. The number of aromatic nitrogens is 3. The van der Waals surface area contributed by atoms with Gasteiger partial charge in [0, 0.05) is 18.7 Å². The number of hydrogen-bond acceptors (Lipinski definition) is 4. The molecule has 2 aromatic carbocycles. The van der Waals surface area contributed by atoms with Crippen LogP contribution in [0.4, 0.5) is 10.3 Å². The first-order valence-electron chi connectivity index (χ1n) is 9.34. The smallest absolute Gasteiger partial charge is 0.228 e. The van der Waals surface area contributed by atoms with E-state index >= 15 is 0 Å². The van der Waals surface area contributed by atoms with Crippen LogP contribution in [0.25, 0.3) is 11.4 Å². The highest BCUT2D eigenvalue weighted by atomic mass is 35.5. The fraction of sp³-hybridized carbons (Fsp3) is 0.333. The highest BCUT2D eigenvalue weighted by molar-refractivity contribution is 6.33. The van der Waals surface area contributed by atoms with E-state index in [2.05, 4.69) is 41.1 Å². The van der Waals surface area contributed by atoms with Crippen molar-refractivity contribution in [3.05, 3.63) is 64.9 Å². The minimum Gasteiger partial charge on any atom is -0.372 e. The molecule has 0 saturated carbocycles. The summed E-state index contributed by atoms with van der Waals surface area (Å²) in [5.74, 6) is 1.01. The summed E-state index contributed by atoms with van der Waals surface area (Å²) in [5, 5.41) is 9.21. The Bertz CT molecular complexity index is 952. The molecule has 0 aliphatic carbocycles. The molecule has 0 bridgehead atoms. The van der Waals surface area contributed by atoms with Crippen molar-refractivity contribution in [3.8, 4) is 11.4 Å². The fourth-order valence-corrected chi connectivity index (χ4v) is 3.90. The van der Waals surface area contributed by atoms with Crippen molar-refractivity contribution in [1.82, 2.24) is 14.8 Å². The Morgan fingerprint density at radius 1 is 1.07 bits per heavy atom. The maximum atomic E-state index is 13.5. The lowest BCUT2D eigenvalue weighted by Crippen LogP contribution is -2.46. The van der Waals surface area contributed by atoms with Crippen LogP contribution in [0.1, 0.15) is 19.4 Å². The van der Waals surface area contributed by atoms with Crippen LogP contribution in [-0.4, -0.2) is 40.1 Å². The van der Waals surface area contributed by atoms with Crippen molar-refractivity contribution in [2.75, 3.05) is 18.0 Å². The predicted molar refractivity (Wildman–Crippen MR) is 108 cm³/mol. The number of morpholine rings is 1. The summed E-state index contributed by atoms with van der Waals surface area (Å²) in [6.45, 7) is 6.16. The molecule has 5 nitrogen and oxygen atoms in total. The van der Waals surface area contributed by atoms with Crippen LogP contribution in [0.3, 0.4) is 0 Å². The Morgan fingerprint density at radius 2 is 1.79 bits per heavy atom. The maximum absolute atomic E-state index is 13.5. The Labute approximate surface area is 168 Å². The molecule has 0 amide bonds. The summed E-state index contributed by atoms with van der Waals surface area (Å²) < 4.78 is 21.4. The van der Waals surface area contributed by atoms with Crippen LogP contribution in [0, 0.1) is 5.82 Å². The topological polar surface area (TPSA) is 43.2 Å². The monoisotopic (exact) mass is 400 g/mol. The van der Waals surface area contributed by atoms with Crippen molar-refractivity contribution in [2.45, 2.75) is 32.6 Å². The van der Waals surface area contributed by atoms with E-state index in [1.54, 1.807) is 6.07 Å². The highest BCUT2D eigenvalue weighted by Gasteiger charge is 2.27. The molecule has 1 aliphatic rings. The quantitative estimate of drug-likeness (QED) is 0.651. The zero-order chi connectivity index (χ0) is 19.7. The second kappa shape index (κ2) is 7.89. The van der Waals surface area contributed by atoms with Gasteiger partial charge in [-0.3, -0.25) is 4.57 Å². The largest absolute Gasteiger partial charge is 0.372 e. The van der Waals surface area contributed by atoms with Gasteiger partial charge < -0.3 is 9.64 Å². The first kappa shape index (κ1) is 18.9. The molecule has 0 spiro atoms. The second-order valence-corrected chi connectivity index (χ2v) is 7.59. The number of anilines is 1. The van der Waals surface area contributed by atoms with Crippen molar-refractivity contribution in [1.29, 1.82) is 0 Å². The van der Waals surface area contributed by atoms with Gasteiger partial charge >= 0.3 is 0 Å². The van der Waals surface area contributed by atoms with E-state index in [1.807, 2.05) is 22.8 Å². The van der Waals surface area contributed by atoms with E-state index in [4.69, 9.17) is 16.3 Å². The summed E-state index contributed by atoms with van der Waals surface area (Å²) in [6.07, 6.45) is 0.201. The number of rotatable bonds is 4. The Kier molecular flexibility index (Phi) is 5.33. The summed E-state index contributed by atoms with van der Waals surface area (Å²) in [7, 11) is 0. The average Bonchev–Trinajstić information content (AvgIpc) is 3.05. The third-order valence-corrected chi connectivity index (χ3v) is 5.10. The highest BCUT2D eigenvalue weighted by Crippen LogP contribution is 2.31. The van der Waals surface area contributed by atoms with E-state index in [0.29, 0.717) is 23.0 Å². The van der Waals surface area contributed by atoms with Gasteiger partial charge in [-0.25, -0.2) is 4.39 Å². The summed E-state index contributed by atoms with van der Waals surface area (Å²) >= 11 is 6.33. The van der Waals surface area contributed by atoms with Gasteiger partial charge in [0.25, 0.3) is 0 Å². The van der Waals surface area contributed by atoms with Crippen molar-refractivity contribution in [3.63, 3.8) is 0 Å². The maximum Gasteiger partial charge on any atom is 0.228 e. The van der Waals surface area contributed by atoms with Gasteiger partial charge in [0.05, 0.1) is 23.8 Å². The van der Waals surface area contributed by atoms with E-state index < -0.39 is 0 Å². The predicted octanol–water partition coefficient (Wildman–Crippen LogP) is 4.40. The van der Waals surface area contributed by atoms with Gasteiger partial charge in [0.1, 0.15) is 5.82 Å². The van der Waals surface area contributed by atoms with Crippen LogP contribution in [0.5, 0.6) is 0 Å². The van der Waals surface area contributed by atoms with E-state index in [1.165, 1.54) is 12.1 Å². The van der Waals surface area contributed by atoms with Crippen molar-refractivity contribution >= 4 is 17.5 Å². The van der Waals surface area contributed by atoms with Gasteiger partial charge in [-0.15, -0.1) is 10.2 Å². The van der Waals surface area contributed by atoms with Crippen LogP contribution >= 0.6 is 11.6 Å². The fourth-order valence-electron chi connectivity index (χ4n) is 3.65. The van der Waals surface area contributed by atoms with Crippen LogP contribution in [0.2, 0.25) is 5.02 Å². The van der Waals surface area contributed by atoms with E-state index in [-0.39, 0.29) is 18.0 Å². The molecule has 7 heteroatoms. The number of benzene rings is 2. The van der Waals surface area contributed by atoms with Gasteiger partial charge in [-0.05, 0) is 37.6 Å².